The zero-order chi connectivity index (χ0) is 20.4. The van der Waals surface area contributed by atoms with Gasteiger partial charge < -0.3 is 5.11 Å². The highest BCUT2D eigenvalue weighted by Crippen LogP contribution is 2.27. The van der Waals surface area contributed by atoms with Crippen LogP contribution in [-0.2, 0) is 19.3 Å². The lowest BCUT2D eigenvalue weighted by Gasteiger charge is -2.11. The van der Waals surface area contributed by atoms with Crippen LogP contribution < -0.4 is 0 Å². The Morgan fingerprint density at radius 1 is 0.828 bits per heavy atom. The van der Waals surface area contributed by atoms with E-state index in [1.165, 1.54) is 38.6 Å². The van der Waals surface area contributed by atoms with E-state index >= 15 is 0 Å². The Bertz CT molecular complexity index is 1180. The van der Waals surface area contributed by atoms with Gasteiger partial charge in [0.05, 0.1) is 16.7 Å². The topological polar surface area (TPSA) is 46.0 Å². The number of pyridine rings is 2. The second-order valence-corrected chi connectivity index (χ2v) is 8.05. The molecular weight excluding hydrogens is 356 g/mol. The SMILES string of the molecule is Cc1ccc2c(c1)nc(C)c1ncc(CCc3ccc(CCCO)cc3C)cc12. The van der Waals surface area contributed by atoms with Crippen LogP contribution in [0, 0.1) is 20.8 Å². The standard InChI is InChI=1S/C26H28N2O/c1-17-6-11-23-24-15-21(16-27-26(24)19(3)28-25(23)13-17)8-10-22-9-7-20(5-4-12-29)14-18(22)2/h6-7,9,11,13-16,29H,4-5,8,10,12H2,1-3H3. The average Bonchev–Trinajstić information content (AvgIpc) is 2.71. The molecular formula is C26H28N2O. The van der Waals surface area contributed by atoms with Crippen molar-refractivity contribution in [1.82, 2.24) is 9.97 Å². The Balaban J connectivity index is 1.61. The van der Waals surface area contributed by atoms with Crippen LogP contribution in [0.1, 0.15) is 39.9 Å². The molecule has 4 aromatic rings. The van der Waals surface area contributed by atoms with E-state index in [2.05, 4.69) is 56.3 Å². The monoisotopic (exact) mass is 384 g/mol. The third-order valence-corrected chi connectivity index (χ3v) is 5.73. The van der Waals surface area contributed by atoms with Gasteiger partial charge in [-0.3, -0.25) is 9.97 Å². The van der Waals surface area contributed by atoms with Crippen molar-refractivity contribution in [2.45, 2.75) is 46.5 Å². The number of aryl methyl sites for hydroxylation is 6. The second kappa shape index (κ2) is 8.30. The normalized spacial score (nSPS) is 11.4. The van der Waals surface area contributed by atoms with E-state index in [4.69, 9.17) is 15.1 Å². The summed E-state index contributed by atoms with van der Waals surface area (Å²) in [7, 11) is 0. The van der Waals surface area contributed by atoms with Gasteiger partial charge in [-0.25, -0.2) is 0 Å². The summed E-state index contributed by atoms with van der Waals surface area (Å²) in [4.78, 5) is 9.50. The number of nitrogens with zero attached hydrogens (tertiary/aromatic N) is 2. The molecule has 0 amide bonds. The number of aromatic nitrogens is 2. The molecule has 0 aliphatic heterocycles. The molecule has 0 unspecified atom stereocenters. The summed E-state index contributed by atoms with van der Waals surface area (Å²) in [6.45, 7) is 6.57. The van der Waals surface area contributed by atoms with Gasteiger partial charge in [-0.1, -0.05) is 30.3 Å². The lowest BCUT2D eigenvalue weighted by atomic mass is 9.97. The molecule has 2 aromatic carbocycles. The molecule has 1 N–H and O–H groups in total. The minimum Gasteiger partial charge on any atom is -0.396 e. The molecule has 3 heteroatoms. The van der Waals surface area contributed by atoms with Gasteiger partial charge >= 0.3 is 0 Å². The van der Waals surface area contributed by atoms with Gasteiger partial charge in [-0.15, -0.1) is 0 Å². The molecule has 3 nitrogen and oxygen atoms in total. The molecule has 0 saturated heterocycles. The fraction of sp³-hybridized carbons (Fsp3) is 0.308. The van der Waals surface area contributed by atoms with Crippen LogP contribution in [0.4, 0.5) is 0 Å². The minimum absolute atomic E-state index is 0.249. The van der Waals surface area contributed by atoms with Gasteiger partial charge in [0.15, 0.2) is 0 Å². The molecule has 0 radical (unpaired) electrons. The highest BCUT2D eigenvalue weighted by atomic mass is 16.2. The maximum Gasteiger partial charge on any atom is 0.0921 e. The van der Waals surface area contributed by atoms with E-state index in [0.29, 0.717) is 0 Å². The first-order valence-electron chi connectivity index (χ1n) is 10.4. The summed E-state index contributed by atoms with van der Waals surface area (Å²) in [5.74, 6) is 0. The van der Waals surface area contributed by atoms with Gasteiger partial charge in [-0.05, 0) is 86.4 Å². The van der Waals surface area contributed by atoms with Crippen molar-refractivity contribution in [2.24, 2.45) is 0 Å². The molecule has 0 bridgehead atoms. The second-order valence-electron chi connectivity index (χ2n) is 8.05. The molecule has 0 atom stereocenters. The molecule has 0 saturated carbocycles. The first-order chi connectivity index (χ1) is 14.0. The first kappa shape index (κ1) is 19.5. The molecule has 0 spiro atoms. The number of hydrogen-bond acceptors (Lipinski definition) is 3. The third kappa shape index (κ3) is 4.15. The van der Waals surface area contributed by atoms with Crippen molar-refractivity contribution in [1.29, 1.82) is 0 Å². The van der Waals surface area contributed by atoms with Crippen molar-refractivity contribution >= 4 is 21.8 Å². The largest absolute Gasteiger partial charge is 0.396 e. The highest BCUT2D eigenvalue weighted by molar-refractivity contribution is 6.05. The lowest BCUT2D eigenvalue weighted by molar-refractivity contribution is 0.288. The van der Waals surface area contributed by atoms with Crippen LogP contribution >= 0.6 is 0 Å². The summed E-state index contributed by atoms with van der Waals surface area (Å²) in [6.07, 6.45) is 5.73. The number of benzene rings is 2. The third-order valence-electron chi connectivity index (χ3n) is 5.73. The van der Waals surface area contributed by atoms with Crippen molar-refractivity contribution in [3.05, 3.63) is 82.2 Å². The predicted molar refractivity (Wildman–Crippen MR) is 121 cm³/mol. The number of rotatable bonds is 6. The van der Waals surface area contributed by atoms with E-state index in [0.717, 1.165) is 42.4 Å². The Morgan fingerprint density at radius 3 is 2.48 bits per heavy atom. The van der Waals surface area contributed by atoms with Gasteiger partial charge in [0.1, 0.15) is 0 Å². The van der Waals surface area contributed by atoms with Crippen LogP contribution in [0.5, 0.6) is 0 Å². The number of hydrogen-bond donors (Lipinski definition) is 1. The van der Waals surface area contributed by atoms with E-state index in [1.807, 2.05) is 13.1 Å². The van der Waals surface area contributed by atoms with Crippen molar-refractivity contribution in [3.8, 4) is 0 Å². The smallest absolute Gasteiger partial charge is 0.0921 e. The Labute approximate surface area is 172 Å². The molecule has 0 aliphatic rings. The molecule has 2 aromatic heterocycles. The maximum atomic E-state index is 9.02. The maximum absolute atomic E-state index is 9.02. The lowest BCUT2D eigenvalue weighted by Crippen LogP contribution is -1.98. The van der Waals surface area contributed by atoms with Crippen LogP contribution in [0.2, 0.25) is 0 Å². The molecule has 29 heavy (non-hydrogen) atoms. The molecule has 0 fully saturated rings. The predicted octanol–water partition coefficient (Wildman–Crippen LogP) is 5.42. The van der Waals surface area contributed by atoms with Crippen LogP contribution in [0.3, 0.4) is 0 Å². The Morgan fingerprint density at radius 2 is 1.69 bits per heavy atom. The van der Waals surface area contributed by atoms with Crippen LogP contribution in [0.25, 0.3) is 21.8 Å². The first-order valence-corrected chi connectivity index (χ1v) is 10.4. The van der Waals surface area contributed by atoms with Crippen LogP contribution in [0.15, 0.2) is 48.7 Å². The quantitative estimate of drug-likeness (QED) is 0.452. The molecule has 148 valence electrons. The molecule has 4 rings (SSSR count). The van der Waals surface area contributed by atoms with Gasteiger partial charge in [0, 0.05) is 23.6 Å². The van der Waals surface area contributed by atoms with Gasteiger partial charge in [0.25, 0.3) is 0 Å². The number of aliphatic hydroxyl groups is 1. The summed E-state index contributed by atoms with van der Waals surface area (Å²) < 4.78 is 0. The fourth-order valence-corrected chi connectivity index (χ4v) is 4.09. The summed E-state index contributed by atoms with van der Waals surface area (Å²) in [6, 6.07) is 15.4. The van der Waals surface area contributed by atoms with E-state index in [-0.39, 0.29) is 6.61 Å². The van der Waals surface area contributed by atoms with E-state index < -0.39 is 0 Å². The number of aliphatic hydroxyl groups excluding tert-OH is 1. The van der Waals surface area contributed by atoms with E-state index in [1.54, 1.807) is 0 Å². The fourth-order valence-electron chi connectivity index (χ4n) is 4.09. The minimum atomic E-state index is 0.249. The van der Waals surface area contributed by atoms with Crippen LogP contribution in [-0.4, -0.2) is 21.7 Å². The van der Waals surface area contributed by atoms with Crippen molar-refractivity contribution < 1.29 is 5.11 Å². The Hall–Kier alpha value is -2.78. The summed E-state index contributed by atoms with van der Waals surface area (Å²) in [5, 5.41) is 11.4. The average molecular weight is 385 g/mol. The van der Waals surface area contributed by atoms with Crippen molar-refractivity contribution in [3.63, 3.8) is 0 Å². The summed E-state index contributed by atoms with van der Waals surface area (Å²) in [5.41, 5.74) is 9.52. The number of fused-ring (bicyclic) bond motifs is 3. The van der Waals surface area contributed by atoms with E-state index in [9.17, 15) is 0 Å². The van der Waals surface area contributed by atoms with Gasteiger partial charge in [0.2, 0.25) is 0 Å². The zero-order valence-corrected chi connectivity index (χ0v) is 17.5. The highest BCUT2D eigenvalue weighted by Gasteiger charge is 2.09. The molecule has 2 heterocycles. The zero-order valence-electron chi connectivity index (χ0n) is 17.5. The van der Waals surface area contributed by atoms with Gasteiger partial charge in [-0.2, -0.15) is 0 Å². The summed E-state index contributed by atoms with van der Waals surface area (Å²) >= 11 is 0. The Kier molecular flexibility index (Phi) is 5.59. The molecule has 0 aliphatic carbocycles. The van der Waals surface area contributed by atoms with Crippen molar-refractivity contribution in [2.75, 3.05) is 6.61 Å².